The number of allylic oxidation sites excluding steroid dienone is 1. The van der Waals surface area contributed by atoms with Crippen LogP contribution in [0.4, 0.5) is 13.2 Å². The van der Waals surface area contributed by atoms with E-state index in [1.165, 1.54) is 0 Å². The minimum Gasteiger partial charge on any atom is -0.170 e. The van der Waals surface area contributed by atoms with E-state index in [0.29, 0.717) is 5.75 Å². The van der Waals surface area contributed by atoms with Crippen LogP contribution in [0.25, 0.3) is 0 Å². The second-order valence-electron chi connectivity index (χ2n) is 3.11. The molecule has 0 radical (unpaired) electrons. The van der Waals surface area contributed by atoms with E-state index in [0.717, 1.165) is 22.9 Å². The molecule has 0 aromatic heterocycles. The zero-order chi connectivity index (χ0) is 9.35. The number of rotatable bonds is 0. The maximum atomic E-state index is 12.2. The van der Waals surface area contributed by atoms with Crippen molar-refractivity contribution < 1.29 is 13.2 Å². The van der Waals surface area contributed by atoms with E-state index in [-0.39, 0.29) is 6.42 Å². The lowest BCUT2D eigenvalue weighted by Crippen LogP contribution is -2.28. The summed E-state index contributed by atoms with van der Waals surface area (Å²) < 4.78 is 36.6. The molecule has 0 aliphatic carbocycles. The van der Waals surface area contributed by atoms with Crippen molar-refractivity contribution in [1.82, 2.24) is 0 Å². The summed E-state index contributed by atoms with van der Waals surface area (Å²) in [5.41, 5.74) is 2.00. The Morgan fingerprint density at radius 1 is 1.25 bits per heavy atom. The van der Waals surface area contributed by atoms with E-state index in [2.05, 4.69) is 0 Å². The van der Waals surface area contributed by atoms with E-state index in [1.807, 2.05) is 6.92 Å². The number of alkyl halides is 3. The summed E-state index contributed by atoms with van der Waals surface area (Å²) in [4.78, 5) is 0. The van der Waals surface area contributed by atoms with Crippen LogP contribution in [0.2, 0.25) is 0 Å². The van der Waals surface area contributed by atoms with E-state index in [1.54, 1.807) is 6.92 Å². The molecule has 1 atom stereocenters. The van der Waals surface area contributed by atoms with Gasteiger partial charge in [-0.1, -0.05) is 11.1 Å². The first-order valence-corrected chi connectivity index (χ1v) is 4.79. The molecule has 0 amide bonds. The Labute approximate surface area is 74.2 Å². The fourth-order valence-corrected chi connectivity index (χ4v) is 2.32. The average Bonchev–Trinajstić information content (AvgIpc) is 1.92. The molecular formula is C8H11F3S. The van der Waals surface area contributed by atoms with Gasteiger partial charge in [0.05, 0.1) is 0 Å². The highest BCUT2D eigenvalue weighted by atomic mass is 32.2. The third-order valence-electron chi connectivity index (χ3n) is 2.09. The predicted octanol–water partition coefficient (Wildman–Crippen LogP) is 3.39. The molecule has 0 bridgehead atoms. The molecule has 1 rings (SSSR count). The maximum Gasteiger partial charge on any atom is 0.400 e. The Kier molecular flexibility index (Phi) is 2.76. The molecule has 0 fully saturated rings. The zero-order valence-corrected chi connectivity index (χ0v) is 7.85. The topological polar surface area (TPSA) is 0 Å². The minimum absolute atomic E-state index is 0.167. The van der Waals surface area contributed by atoms with E-state index < -0.39 is 11.4 Å². The van der Waals surface area contributed by atoms with Gasteiger partial charge in [-0.3, -0.25) is 0 Å². The summed E-state index contributed by atoms with van der Waals surface area (Å²) in [5, 5.41) is -1.18. The van der Waals surface area contributed by atoms with Gasteiger partial charge >= 0.3 is 6.18 Å². The van der Waals surface area contributed by atoms with Gasteiger partial charge in [0.15, 0.2) is 0 Å². The van der Waals surface area contributed by atoms with Crippen LogP contribution in [0.15, 0.2) is 11.1 Å². The van der Waals surface area contributed by atoms with Crippen molar-refractivity contribution >= 4 is 11.8 Å². The van der Waals surface area contributed by atoms with Crippen LogP contribution in [-0.2, 0) is 0 Å². The van der Waals surface area contributed by atoms with Crippen molar-refractivity contribution in [2.24, 2.45) is 0 Å². The second-order valence-corrected chi connectivity index (χ2v) is 4.30. The van der Waals surface area contributed by atoms with Crippen molar-refractivity contribution in [3.05, 3.63) is 11.1 Å². The number of thioether (sulfide) groups is 1. The van der Waals surface area contributed by atoms with Crippen LogP contribution < -0.4 is 0 Å². The maximum absolute atomic E-state index is 12.2. The van der Waals surface area contributed by atoms with Gasteiger partial charge in [-0.15, -0.1) is 11.8 Å². The first-order chi connectivity index (χ1) is 5.41. The molecule has 0 N–H and O–H groups in total. The molecule has 12 heavy (non-hydrogen) atoms. The van der Waals surface area contributed by atoms with Crippen LogP contribution in [0.1, 0.15) is 20.3 Å². The van der Waals surface area contributed by atoms with Gasteiger partial charge in [-0.25, -0.2) is 0 Å². The molecule has 1 aliphatic rings. The van der Waals surface area contributed by atoms with Gasteiger partial charge in [-0.2, -0.15) is 13.2 Å². The first kappa shape index (κ1) is 9.96. The van der Waals surface area contributed by atoms with Crippen LogP contribution in [0.3, 0.4) is 0 Å². The quantitative estimate of drug-likeness (QED) is 0.535. The largest absolute Gasteiger partial charge is 0.400 e. The minimum atomic E-state index is -4.04. The lowest BCUT2D eigenvalue weighted by Gasteiger charge is -2.25. The average molecular weight is 196 g/mol. The lowest BCUT2D eigenvalue weighted by molar-refractivity contribution is -0.128. The molecule has 0 aromatic carbocycles. The number of hydrogen-bond acceptors (Lipinski definition) is 1. The Bertz CT molecular complexity index is 205. The third kappa shape index (κ3) is 2.19. The van der Waals surface area contributed by atoms with Gasteiger partial charge in [0.2, 0.25) is 0 Å². The summed E-state index contributed by atoms with van der Waals surface area (Å²) >= 11 is 0.999. The predicted molar refractivity (Wildman–Crippen MR) is 45.3 cm³/mol. The molecule has 4 heteroatoms. The molecule has 0 aromatic rings. The number of hydrogen-bond donors (Lipinski definition) is 0. The molecule has 0 nitrogen and oxygen atoms in total. The van der Waals surface area contributed by atoms with Crippen molar-refractivity contribution in [1.29, 1.82) is 0 Å². The van der Waals surface area contributed by atoms with Crippen molar-refractivity contribution in [3.8, 4) is 0 Å². The molecule has 1 unspecified atom stereocenters. The van der Waals surface area contributed by atoms with Gasteiger partial charge in [0.25, 0.3) is 0 Å². The van der Waals surface area contributed by atoms with E-state index >= 15 is 0 Å². The van der Waals surface area contributed by atoms with Crippen LogP contribution in [-0.4, -0.2) is 17.2 Å². The van der Waals surface area contributed by atoms with Crippen molar-refractivity contribution in [3.63, 3.8) is 0 Å². The summed E-state index contributed by atoms with van der Waals surface area (Å²) in [6, 6.07) is 0. The monoisotopic (exact) mass is 196 g/mol. The Balaban J connectivity index is 2.67. The molecule has 70 valence electrons. The Hall–Kier alpha value is -0.120. The Morgan fingerprint density at radius 3 is 2.25 bits per heavy atom. The third-order valence-corrected chi connectivity index (χ3v) is 3.52. The van der Waals surface area contributed by atoms with Crippen LogP contribution >= 0.6 is 11.8 Å². The van der Waals surface area contributed by atoms with Crippen molar-refractivity contribution in [2.75, 3.05) is 5.75 Å². The van der Waals surface area contributed by atoms with E-state index in [4.69, 9.17) is 0 Å². The van der Waals surface area contributed by atoms with Gasteiger partial charge in [-0.05, 0) is 20.3 Å². The van der Waals surface area contributed by atoms with E-state index in [9.17, 15) is 13.2 Å². The SMILES string of the molecule is CC1=C(C)CC(C(F)(F)F)SC1. The zero-order valence-electron chi connectivity index (χ0n) is 7.03. The van der Waals surface area contributed by atoms with Gasteiger partial charge < -0.3 is 0 Å². The highest BCUT2D eigenvalue weighted by Crippen LogP contribution is 2.39. The highest BCUT2D eigenvalue weighted by Gasteiger charge is 2.41. The smallest absolute Gasteiger partial charge is 0.170 e. The number of halogens is 3. The summed E-state index contributed by atoms with van der Waals surface area (Å²) in [5.74, 6) is 0.524. The molecule has 1 heterocycles. The second kappa shape index (κ2) is 3.32. The Morgan fingerprint density at radius 2 is 1.83 bits per heavy atom. The first-order valence-electron chi connectivity index (χ1n) is 3.75. The van der Waals surface area contributed by atoms with Gasteiger partial charge in [0, 0.05) is 5.75 Å². The van der Waals surface area contributed by atoms with Crippen molar-refractivity contribution in [2.45, 2.75) is 31.7 Å². The standard InChI is InChI=1S/C8H11F3S/c1-5-3-7(8(9,10)11)12-4-6(5)2/h7H,3-4H2,1-2H3. The van der Waals surface area contributed by atoms with Gasteiger partial charge in [0.1, 0.15) is 5.25 Å². The molecule has 0 saturated heterocycles. The summed E-state index contributed by atoms with van der Waals surface area (Å²) in [7, 11) is 0. The lowest BCUT2D eigenvalue weighted by atomic mass is 10.1. The fourth-order valence-electron chi connectivity index (χ4n) is 1.07. The fraction of sp³-hybridized carbons (Fsp3) is 0.750. The highest BCUT2D eigenvalue weighted by molar-refractivity contribution is 8.00. The molecular weight excluding hydrogens is 185 g/mol. The molecule has 1 aliphatic heterocycles. The molecule has 0 saturated carbocycles. The normalized spacial score (nSPS) is 26.2. The summed E-state index contributed by atoms with van der Waals surface area (Å²) in [6.45, 7) is 3.68. The van der Waals surface area contributed by atoms with Crippen LogP contribution in [0.5, 0.6) is 0 Å². The van der Waals surface area contributed by atoms with Crippen LogP contribution in [0, 0.1) is 0 Å². The summed E-state index contributed by atoms with van der Waals surface area (Å²) in [6.07, 6.45) is -3.87. The molecule has 0 spiro atoms.